The molecule has 0 bridgehead atoms. The molecule has 2 unspecified atom stereocenters. The normalized spacial score (nSPS) is 20.5. The summed E-state index contributed by atoms with van der Waals surface area (Å²) in [6.45, 7) is 2.28. The summed E-state index contributed by atoms with van der Waals surface area (Å²) in [7, 11) is 3.42. The van der Waals surface area contributed by atoms with Gasteiger partial charge in [-0.25, -0.2) is 0 Å². The monoisotopic (exact) mass is 326 g/mol. The van der Waals surface area contributed by atoms with E-state index in [0.717, 1.165) is 25.0 Å². The van der Waals surface area contributed by atoms with Crippen molar-refractivity contribution < 1.29 is 9.90 Å². The zero-order valence-electron chi connectivity index (χ0n) is 14.3. The molecule has 1 saturated carbocycles. The molecule has 1 aliphatic carbocycles. The Morgan fingerprint density at radius 3 is 2.71 bits per heavy atom. The highest BCUT2D eigenvalue weighted by atomic mass is 16.3. The van der Waals surface area contributed by atoms with E-state index >= 15 is 0 Å². The Morgan fingerprint density at radius 1 is 1.50 bits per heavy atom. The van der Waals surface area contributed by atoms with Gasteiger partial charge in [-0.15, -0.1) is 0 Å². The van der Waals surface area contributed by atoms with Gasteiger partial charge in [0, 0.05) is 32.3 Å². The molecule has 6 heteroatoms. The molecule has 1 N–H and O–H groups in total. The summed E-state index contributed by atoms with van der Waals surface area (Å²) in [4.78, 5) is 14.0. The van der Waals surface area contributed by atoms with E-state index in [-0.39, 0.29) is 23.5 Å². The molecule has 24 heavy (non-hydrogen) atoms. The second-order valence-corrected chi connectivity index (χ2v) is 6.35. The molecule has 1 aromatic heterocycles. The summed E-state index contributed by atoms with van der Waals surface area (Å²) in [5, 5.41) is 28.3. The molecular weight excluding hydrogens is 304 g/mol. The van der Waals surface area contributed by atoms with Crippen molar-refractivity contribution in [1.29, 1.82) is 10.5 Å². The number of carbonyl (C=O) groups excluding carboxylic acids is 1. The molecule has 0 spiro atoms. The van der Waals surface area contributed by atoms with Gasteiger partial charge in [0.15, 0.2) is 0 Å². The van der Waals surface area contributed by atoms with Crippen molar-refractivity contribution >= 4 is 12.0 Å². The third-order valence-corrected chi connectivity index (χ3v) is 4.81. The van der Waals surface area contributed by atoms with Crippen LogP contribution in [0.4, 0.5) is 0 Å². The minimum Gasteiger partial charge on any atom is -0.393 e. The lowest BCUT2D eigenvalue weighted by Gasteiger charge is -2.23. The number of amides is 1. The zero-order chi connectivity index (χ0) is 17.9. The molecule has 0 aliphatic heterocycles. The van der Waals surface area contributed by atoms with Gasteiger partial charge >= 0.3 is 0 Å². The molecule has 1 heterocycles. The lowest BCUT2D eigenvalue weighted by molar-refractivity contribution is -0.126. The van der Waals surface area contributed by atoms with Crippen LogP contribution < -0.4 is 0 Å². The number of nitriles is 2. The third kappa shape index (κ3) is 3.50. The maximum absolute atomic E-state index is 12.5. The van der Waals surface area contributed by atoms with Crippen LogP contribution in [0.2, 0.25) is 0 Å². The fourth-order valence-electron chi connectivity index (χ4n) is 3.14. The Hall–Kier alpha value is -2.57. The summed E-state index contributed by atoms with van der Waals surface area (Å²) >= 11 is 0. The van der Waals surface area contributed by atoms with Gasteiger partial charge in [-0.2, -0.15) is 10.5 Å². The Kier molecular flexibility index (Phi) is 5.43. The van der Waals surface area contributed by atoms with Crippen LogP contribution >= 0.6 is 0 Å². The molecular formula is C18H22N4O2. The molecule has 6 nitrogen and oxygen atoms in total. The highest BCUT2D eigenvalue weighted by Gasteiger charge is 2.28. The molecule has 2 rings (SSSR count). The minimum atomic E-state index is -0.371. The van der Waals surface area contributed by atoms with Gasteiger partial charge in [-0.05, 0) is 37.5 Å². The van der Waals surface area contributed by atoms with E-state index in [1.165, 1.54) is 11.0 Å². The van der Waals surface area contributed by atoms with E-state index in [2.05, 4.69) is 6.07 Å². The van der Waals surface area contributed by atoms with Crippen molar-refractivity contribution in [2.75, 3.05) is 13.6 Å². The smallest absolute Gasteiger partial charge is 0.264 e. The lowest BCUT2D eigenvalue weighted by Crippen LogP contribution is -2.35. The van der Waals surface area contributed by atoms with Crippen molar-refractivity contribution in [3.63, 3.8) is 0 Å². The number of nitrogens with zero attached hydrogens (tertiary/aromatic N) is 4. The fourth-order valence-corrected chi connectivity index (χ4v) is 3.14. The Morgan fingerprint density at radius 2 is 2.21 bits per heavy atom. The molecule has 0 saturated heterocycles. The van der Waals surface area contributed by atoms with Gasteiger partial charge in [0.2, 0.25) is 0 Å². The van der Waals surface area contributed by atoms with Crippen LogP contribution in [0.3, 0.4) is 0 Å². The highest BCUT2D eigenvalue weighted by Crippen LogP contribution is 2.26. The Balaban J connectivity index is 2.20. The van der Waals surface area contributed by atoms with Crippen molar-refractivity contribution in [2.24, 2.45) is 13.0 Å². The predicted molar refractivity (Wildman–Crippen MR) is 89.4 cm³/mol. The van der Waals surface area contributed by atoms with Crippen molar-refractivity contribution in [2.45, 2.75) is 32.3 Å². The zero-order valence-corrected chi connectivity index (χ0v) is 14.3. The van der Waals surface area contributed by atoms with Crippen molar-refractivity contribution in [3.8, 4) is 12.1 Å². The van der Waals surface area contributed by atoms with Gasteiger partial charge in [0.05, 0.1) is 6.10 Å². The third-order valence-electron chi connectivity index (χ3n) is 4.81. The molecule has 1 aliphatic rings. The summed E-state index contributed by atoms with van der Waals surface area (Å²) < 4.78 is 1.73. The maximum atomic E-state index is 12.5. The minimum absolute atomic E-state index is 0.0307. The SMILES string of the molecule is Cc1c(/C=C(\C#N)C(=O)N(C)CC2CCCC2O)cc(C#N)n1C. The van der Waals surface area contributed by atoms with Gasteiger partial charge in [-0.3, -0.25) is 4.79 Å². The Labute approximate surface area is 142 Å². The first-order valence-corrected chi connectivity index (χ1v) is 8.00. The van der Waals surface area contributed by atoms with Crippen LogP contribution in [0.15, 0.2) is 11.6 Å². The van der Waals surface area contributed by atoms with Gasteiger partial charge < -0.3 is 14.6 Å². The summed E-state index contributed by atoms with van der Waals surface area (Å²) in [5.41, 5.74) is 2.02. The first-order valence-electron chi connectivity index (χ1n) is 8.00. The molecule has 0 aromatic carbocycles. The van der Waals surface area contributed by atoms with Crippen LogP contribution in [0, 0.1) is 35.5 Å². The number of likely N-dealkylation sites (N-methyl/N-ethyl adjacent to an activating group) is 1. The van der Waals surface area contributed by atoms with Crippen LogP contribution in [0.5, 0.6) is 0 Å². The van der Waals surface area contributed by atoms with E-state index in [1.54, 1.807) is 24.7 Å². The summed E-state index contributed by atoms with van der Waals surface area (Å²) in [6.07, 6.45) is 3.79. The summed E-state index contributed by atoms with van der Waals surface area (Å²) in [6, 6.07) is 5.70. The largest absolute Gasteiger partial charge is 0.393 e. The van der Waals surface area contributed by atoms with Gasteiger partial charge in [0.25, 0.3) is 5.91 Å². The molecule has 1 amide bonds. The van der Waals surface area contributed by atoms with Crippen LogP contribution in [0.25, 0.3) is 6.08 Å². The number of hydrogen-bond donors (Lipinski definition) is 1. The second kappa shape index (κ2) is 7.33. The number of aromatic nitrogens is 1. The predicted octanol–water partition coefficient (Wildman–Crippen LogP) is 1.73. The molecule has 0 radical (unpaired) electrons. The van der Waals surface area contributed by atoms with Crippen LogP contribution in [-0.4, -0.2) is 40.2 Å². The van der Waals surface area contributed by atoms with Crippen molar-refractivity contribution in [1.82, 2.24) is 9.47 Å². The van der Waals surface area contributed by atoms with E-state index in [9.17, 15) is 15.2 Å². The highest BCUT2D eigenvalue weighted by molar-refractivity contribution is 6.01. The van der Waals surface area contributed by atoms with Crippen LogP contribution in [-0.2, 0) is 11.8 Å². The number of aliphatic hydroxyl groups is 1. The standard InChI is InChI=1S/C18H22N4O2/c1-12-14(8-16(10-20)22(12)3)7-15(9-19)18(24)21(2)11-13-5-4-6-17(13)23/h7-8,13,17,23H,4-6,11H2,1-3H3/b15-7+. The average Bonchev–Trinajstić information content (AvgIpc) is 3.09. The van der Waals surface area contributed by atoms with E-state index < -0.39 is 0 Å². The quantitative estimate of drug-likeness (QED) is 0.673. The van der Waals surface area contributed by atoms with Gasteiger partial charge in [-0.1, -0.05) is 6.42 Å². The fraction of sp³-hybridized carbons (Fsp3) is 0.500. The molecule has 126 valence electrons. The molecule has 1 fully saturated rings. The van der Waals surface area contributed by atoms with E-state index in [1.807, 2.05) is 13.0 Å². The molecule has 1 aromatic rings. The topological polar surface area (TPSA) is 93.1 Å². The second-order valence-electron chi connectivity index (χ2n) is 6.35. The average molecular weight is 326 g/mol. The number of carbonyl (C=O) groups is 1. The van der Waals surface area contributed by atoms with Crippen molar-refractivity contribution in [3.05, 3.63) is 28.6 Å². The van der Waals surface area contributed by atoms with Gasteiger partial charge in [0.1, 0.15) is 23.4 Å². The number of rotatable bonds is 4. The Bertz CT molecular complexity index is 748. The summed E-state index contributed by atoms with van der Waals surface area (Å²) in [5.74, 6) is -0.291. The molecule has 2 atom stereocenters. The number of aliphatic hydroxyl groups excluding tert-OH is 1. The van der Waals surface area contributed by atoms with E-state index in [4.69, 9.17) is 5.26 Å². The maximum Gasteiger partial charge on any atom is 0.264 e. The number of hydrogen-bond acceptors (Lipinski definition) is 4. The lowest BCUT2D eigenvalue weighted by atomic mass is 10.0. The first-order chi connectivity index (χ1) is 11.4. The van der Waals surface area contributed by atoms with Crippen LogP contribution in [0.1, 0.15) is 36.2 Å². The van der Waals surface area contributed by atoms with E-state index in [0.29, 0.717) is 17.8 Å². The first kappa shape index (κ1) is 17.8.